The molecule has 2 amide bonds. The molecule has 1 aliphatic rings. The Morgan fingerprint density at radius 3 is 2.45 bits per heavy atom. The molecule has 0 spiro atoms. The van der Waals surface area contributed by atoms with Crippen LogP contribution in [0.15, 0.2) is 91.0 Å². The van der Waals surface area contributed by atoms with E-state index in [1.54, 1.807) is 0 Å². The number of carbonyl (C=O) groups excluding carboxylic acids is 1. The standard InChI is InChI=1S/C30H26N6O2/c37-30(31-22-11-2-1-3-12-22)32-26-19-21(23-13-6-7-15-25(23)29-33-35-36-34-29)17-18-28(26)38-27-16-8-10-20-9-4-5-14-24(20)27/h1-3,6-8,10-13,15-19H,4-5,9,14H2,(H2,31,32,37)(H,33,34,35,36). The largest absolute Gasteiger partial charge is 0.455 e. The van der Waals surface area contributed by atoms with Gasteiger partial charge in [0.2, 0.25) is 5.82 Å². The van der Waals surface area contributed by atoms with Gasteiger partial charge in [-0.15, -0.1) is 10.2 Å². The Balaban J connectivity index is 1.38. The Morgan fingerprint density at radius 1 is 0.789 bits per heavy atom. The van der Waals surface area contributed by atoms with Crippen molar-refractivity contribution in [1.29, 1.82) is 0 Å². The molecule has 1 heterocycles. The van der Waals surface area contributed by atoms with Crippen molar-refractivity contribution < 1.29 is 9.53 Å². The molecular formula is C30H26N6O2. The molecule has 0 unspecified atom stereocenters. The predicted molar refractivity (Wildman–Crippen MR) is 147 cm³/mol. The number of hydrogen-bond donors (Lipinski definition) is 3. The van der Waals surface area contributed by atoms with Gasteiger partial charge in [0.25, 0.3) is 0 Å². The first-order chi connectivity index (χ1) is 18.7. The van der Waals surface area contributed by atoms with Gasteiger partial charge in [0.1, 0.15) is 5.75 Å². The van der Waals surface area contributed by atoms with Gasteiger partial charge in [-0.05, 0) is 83.5 Å². The van der Waals surface area contributed by atoms with Crippen molar-refractivity contribution in [2.75, 3.05) is 10.6 Å². The van der Waals surface area contributed by atoms with Crippen molar-refractivity contribution in [1.82, 2.24) is 20.6 Å². The van der Waals surface area contributed by atoms with Gasteiger partial charge in [0.15, 0.2) is 5.75 Å². The van der Waals surface area contributed by atoms with Crippen molar-refractivity contribution in [3.63, 3.8) is 0 Å². The van der Waals surface area contributed by atoms with Gasteiger partial charge in [0, 0.05) is 11.3 Å². The molecule has 0 saturated heterocycles. The molecule has 5 aromatic rings. The summed E-state index contributed by atoms with van der Waals surface area (Å²) in [7, 11) is 0. The minimum atomic E-state index is -0.361. The molecule has 0 radical (unpaired) electrons. The SMILES string of the molecule is O=C(Nc1ccccc1)Nc1cc(-c2ccccc2-c2nn[nH]n2)ccc1Oc1cccc2c1CCCC2. The number of aromatic nitrogens is 4. The van der Waals surface area contributed by atoms with Crippen LogP contribution in [0.3, 0.4) is 0 Å². The van der Waals surface area contributed by atoms with Crippen LogP contribution in [-0.2, 0) is 12.8 Å². The Labute approximate surface area is 220 Å². The van der Waals surface area contributed by atoms with E-state index in [2.05, 4.69) is 37.3 Å². The van der Waals surface area contributed by atoms with Crippen LogP contribution in [0, 0.1) is 0 Å². The van der Waals surface area contributed by atoms with Crippen LogP contribution < -0.4 is 15.4 Å². The fourth-order valence-corrected chi connectivity index (χ4v) is 4.86. The van der Waals surface area contributed by atoms with Gasteiger partial charge in [-0.3, -0.25) is 0 Å². The molecule has 188 valence electrons. The third kappa shape index (κ3) is 4.97. The highest BCUT2D eigenvalue weighted by Crippen LogP contribution is 2.39. The number of fused-ring (bicyclic) bond motifs is 1. The Hall–Kier alpha value is -4.98. The van der Waals surface area contributed by atoms with E-state index < -0.39 is 0 Å². The molecule has 4 aromatic carbocycles. The van der Waals surface area contributed by atoms with E-state index in [0.29, 0.717) is 22.9 Å². The average Bonchev–Trinajstić information content (AvgIpc) is 3.50. The first kappa shape index (κ1) is 23.4. The Kier molecular flexibility index (Phi) is 6.51. The van der Waals surface area contributed by atoms with Crippen LogP contribution in [0.4, 0.5) is 16.2 Å². The zero-order valence-electron chi connectivity index (χ0n) is 20.6. The van der Waals surface area contributed by atoms with Crippen molar-refractivity contribution in [2.45, 2.75) is 25.7 Å². The molecule has 38 heavy (non-hydrogen) atoms. The van der Waals surface area contributed by atoms with E-state index in [1.807, 2.05) is 84.9 Å². The first-order valence-electron chi connectivity index (χ1n) is 12.6. The maximum absolute atomic E-state index is 13.0. The molecule has 0 atom stereocenters. The quantitative estimate of drug-likeness (QED) is 0.236. The van der Waals surface area contributed by atoms with E-state index in [0.717, 1.165) is 41.7 Å². The predicted octanol–water partition coefficient (Wildman–Crippen LogP) is 6.85. The number of hydrogen-bond acceptors (Lipinski definition) is 5. The van der Waals surface area contributed by atoms with Gasteiger partial charge >= 0.3 is 6.03 Å². The van der Waals surface area contributed by atoms with Crippen LogP contribution in [0.2, 0.25) is 0 Å². The number of amides is 2. The van der Waals surface area contributed by atoms with Gasteiger partial charge in [-0.1, -0.05) is 60.7 Å². The highest BCUT2D eigenvalue weighted by atomic mass is 16.5. The van der Waals surface area contributed by atoms with E-state index in [-0.39, 0.29) is 6.03 Å². The summed E-state index contributed by atoms with van der Waals surface area (Å²) in [6.45, 7) is 0. The lowest BCUT2D eigenvalue weighted by atomic mass is 9.91. The highest BCUT2D eigenvalue weighted by Gasteiger charge is 2.18. The van der Waals surface area contributed by atoms with Crippen LogP contribution >= 0.6 is 0 Å². The van der Waals surface area contributed by atoms with Crippen molar-refractivity contribution in [3.8, 4) is 34.0 Å². The van der Waals surface area contributed by atoms with E-state index in [9.17, 15) is 4.79 Å². The fourth-order valence-electron chi connectivity index (χ4n) is 4.86. The fraction of sp³-hybridized carbons (Fsp3) is 0.133. The molecule has 1 aliphatic carbocycles. The first-order valence-corrected chi connectivity index (χ1v) is 12.6. The maximum Gasteiger partial charge on any atom is 0.323 e. The van der Waals surface area contributed by atoms with E-state index in [1.165, 1.54) is 17.5 Å². The zero-order chi connectivity index (χ0) is 25.7. The lowest BCUT2D eigenvalue weighted by Crippen LogP contribution is -2.19. The van der Waals surface area contributed by atoms with Gasteiger partial charge in [-0.2, -0.15) is 5.21 Å². The molecule has 3 N–H and O–H groups in total. The number of ether oxygens (including phenoxy) is 1. The number of rotatable bonds is 6. The number of tetrazole rings is 1. The van der Waals surface area contributed by atoms with Crippen molar-refractivity contribution >= 4 is 17.4 Å². The molecule has 6 rings (SSSR count). The second-order valence-electron chi connectivity index (χ2n) is 9.14. The topological polar surface area (TPSA) is 105 Å². The smallest absolute Gasteiger partial charge is 0.323 e. The molecule has 0 fully saturated rings. The molecule has 8 heteroatoms. The normalized spacial score (nSPS) is 12.4. The van der Waals surface area contributed by atoms with Gasteiger partial charge in [0.05, 0.1) is 5.69 Å². The third-order valence-electron chi connectivity index (χ3n) is 6.66. The number of urea groups is 1. The van der Waals surface area contributed by atoms with Crippen molar-refractivity contribution in [3.05, 3.63) is 102 Å². The molecule has 0 saturated carbocycles. The van der Waals surface area contributed by atoms with Gasteiger partial charge in [-0.25, -0.2) is 4.79 Å². The van der Waals surface area contributed by atoms with E-state index >= 15 is 0 Å². The molecular weight excluding hydrogens is 476 g/mol. The number of aromatic amines is 1. The number of carbonyl (C=O) groups is 1. The number of H-pyrrole nitrogens is 1. The summed E-state index contributed by atoms with van der Waals surface area (Å²) in [5, 5.41) is 20.4. The van der Waals surface area contributed by atoms with E-state index in [4.69, 9.17) is 4.74 Å². The number of nitrogens with zero attached hydrogens (tertiary/aromatic N) is 3. The Morgan fingerprint density at radius 2 is 1.61 bits per heavy atom. The number of para-hydroxylation sites is 1. The lowest BCUT2D eigenvalue weighted by Gasteiger charge is -2.21. The highest BCUT2D eigenvalue weighted by molar-refractivity contribution is 6.01. The molecule has 8 nitrogen and oxygen atoms in total. The lowest BCUT2D eigenvalue weighted by molar-refractivity contribution is 0.262. The molecule has 0 bridgehead atoms. The summed E-state index contributed by atoms with van der Waals surface area (Å²) < 4.78 is 6.47. The van der Waals surface area contributed by atoms with Crippen LogP contribution in [0.1, 0.15) is 24.0 Å². The second kappa shape index (κ2) is 10.6. The summed E-state index contributed by atoms with van der Waals surface area (Å²) in [5.41, 5.74) is 6.43. The monoisotopic (exact) mass is 502 g/mol. The second-order valence-corrected chi connectivity index (χ2v) is 9.14. The zero-order valence-corrected chi connectivity index (χ0v) is 20.6. The minimum absolute atomic E-state index is 0.361. The maximum atomic E-state index is 13.0. The van der Waals surface area contributed by atoms with Crippen molar-refractivity contribution in [2.24, 2.45) is 0 Å². The summed E-state index contributed by atoms with van der Waals surface area (Å²) in [4.78, 5) is 13.0. The number of nitrogens with one attached hydrogen (secondary N) is 3. The Bertz CT molecular complexity index is 1570. The summed E-state index contributed by atoms with van der Waals surface area (Å²) in [6, 6.07) is 28.8. The molecule has 1 aromatic heterocycles. The minimum Gasteiger partial charge on any atom is -0.455 e. The summed E-state index contributed by atoms with van der Waals surface area (Å²) in [6.07, 6.45) is 4.38. The van der Waals surface area contributed by atoms with Gasteiger partial charge < -0.3 is 15.4 Å². The number of benzene rings is 4. The number of anilines is 2. The number of aryl methyl sites for hydroxylation is 1. The third-order valence-corrected chi connectivity index (χ3v) is 6.66. The average molecular weight is 503 g/mol. The van der Waals surface area contributed by atoms with Crippen LogP contribution in [0.5, 0.6) is 11.5 Å². The summed E-state index contributed by atoms with van der Waals surface area (Å²) >= 11 is 0. The van der Waals surface area contributed by atoms with Crippen LogP contribution in [-0.4, -0.2) is 26.7 Å². The molecule has 0 aliphatic heterocycles. The van der Waals surface area contributed by atoms with Crippen LogP contribution in [0.25, 0.3) is 22.5 Å². The summed E-state index contributed by atoms with van der Waals surface area (Å²) in [5.74, 6) is 1.88.